The van der Waals surface area contributed by atoms with E-state index in [9.17, 15) is 14.4 Å². The lowest BCUT2D eigenvalue weighted by Gasteiger charge is -2.18. The minimum Gasteiger partial charge on any atom is -0.462 e. The molecule has 302 valence electrons. The van der Waals surface area contributed by atoms with Gasteiger partial charge in [-0.2, -0.15) is 0 Å². The van der Waals surface area contributed by atoms with Gasteiger partial charge in [-0.15, -0.1) is 0 Å². The third-order valence-corrected chi connectivity index (χ3v) is 10.0. The Morgan fingerprint density at radius 3 is 0.961 bits per heavy atom. The lowest BCUT2D eigenvalue weighted by molar-refractivity contribution is -0.167. The first-order valence-corrected chi connectivity index (χ1v) is 22.4. The van der Waals surface area contributed by atoms with Crippen molar-refractivity contribution in [2.75, 3.05) is 13.2 Å². The van der Waals surface area contributed by atoms with Gasteiger partial charge in [-0.25, -0.2) is 0 Å². The van der Waals surface area contributed by atoms with E-state index in [2.05, 4.69) is 27.7 Å². The molecule has 0 rings (SSSR count). The highest BCUT2D eigenvalue weighted by atomic mass is 16.6. The van der Waals surface area contributed by atoms with E-state index in [1.165, 1.54) is 141 Å². The van der Waals surface area contributed by atoms with Gasteiger partial charge in [0, 0.05) is 19.3 Å². The maximum Gasteiger partial charge on any atom is 0.306 e. The summed E-state index contributed by atoms with van der Waals surface area (Å²) < 4.78 is 16.6. The van der Waals surface area contributed by atoms with Gasteiger partial charge in [-0.1, -0.05) is 207 Å². The second-order valence-corrected chi connectivity index (χ2v) is 15.8. The molecule has 6 heteroatoms. The molecule has 0 aliphatic heterocycles. The van der Waals surface area contributed by atoms with E-state index >= 15 is 0 Å². The zero-order chi connectivity index (χ0) is 37.5. The lowest BCUT2D eigenvalue weighted by Crippen LogP contribution is -2.30. The van der Waals surface area contributed by atoms with Crippen molar-refractivity contribution in [2.45, 2.75) is 252 Å². The Morgan fingerprint density at radius 2 is 0.647 bits per heavy atom. The Kier molecular flexibility index (Phi) is 38.4. The topological polar surface area (TPSA) is 78.9 Å². The quantitative estimate of drug-likeness (QED) is 0.0356. The summed E-state index contributed by atoms with van der Waals surface area (Å²) in [6, 6.07) is 0. The normalized spacial score (nSPS) is 11.9. The first-order chi connectivity index (χ1) is 24.9. The molecule has 1 atom stereocenters. The second-order valence-electron chi connectivity index (χ2n) is 15.8. The number of hydrogen-bond donors (Lipinski definition) is 0. The van der Waals surface area contributed by atoms with Crippen LogP contribution in [0.25, 0.3) is 0 Å². The fourth-order valence-corrected chi connectivity index (χ4v) is 6.63. The monoisotopic (exact) mass is 723 g/mol. The number of unbranched alkanes of at least 4 members (excludes halogenated alkanes) is 27. The van der Waals surface area contributed by atoms with Crippen molar-refractivity contribution < 1.29 is 28.6 Å². The number of ether oxygens (including phenoxy) is 3. The first-order valence-electron chi connectivity index (χ1n) is 22.4. The van der Waals surface area contributed by atoms with Crippen LogP contribution in [0.3, 0.4) is 0 Å². The minimum absolute atomic E-state index is 0.0649. The molecule has 0 saturated heterocycles. The van der Waals surface area contributed by atoms with Gasteiger partial charge in [0.15, 0.2) is 6.10 Å². The molecular formula is C45H86O6. The number of rotatable bonds is 40. The fourth-order valence-electron chi connectivity index (χ4n) is 6.63. The number of carbonyl (C=O) groups excluding carboxylic acids is 3. The van der Waals surface area contributed by atoms with Crippen LogP contribution >= 0.6 is 0 Å². The molecule has 0 bridgehead atoms. The zero-order valence-corrected chi connectivity index (χ0v) is 34.6. The zero-order valence-electron chi connectivity index (χ0n) is 34.6. The molecule has 0 N–H and O–H groups in total. The largest absolute Gasteiger partial charge is 0.462 e. The average Bonchev–Trinajstić information content (AvgIpc) is 3.11. The molecule has 0 aromatic heterocycles. The van der Waals surface area contributed by atoms with E-state index in [1.54, 1.807) is 0 Å². The lowest BCUT2D eigenvalue weighted by atomic mass is 10.0. The molecule has 0 amide bonds. The molecule has 0 aliphatic carbocycles. The summed E-state index contributed by atoms with van der Waals surface area (Å²) in [7, 11) is 0. The first kappa shape index (κ1) is 49.4. The third kappa shape index (κ3) is 39.5. The standard InChI is InChI=1S/C45H86O6/c1-5-7-9-11-13-14-15-16-17-18-19-20-21-25-28-32-36-43(46)49-39-42(51-45(48)38-34-30-23-12-10-8-6-2)40-50-44(47)37-33-29-26-22-24-27-31-35-41(3)4/h41-42H,5-40H2,1-4H3/t42-/m1/s1. The predicted molar refractivity (Wildman–Crippen MR) is 215 cm³/mol. The van der Waals surface area contributed by atoms with Crippen LogP contribution in [0.1, 0.15) is 246 Å². The van der Waals surface area contributed by atoms with Crippen molar-refractivity contribution in [3.8, 4) is 0 Å². The summed E-state index contributed by atoms with van der Waals surface area (Å²) in [5.41, 5.74) is 0. The van der Waals surface area contributed by atoms with Crippen LogP contribution in [0.5, 0.6) is 0 Å². The summed E-state index contributed by atoms with van der Waals surface area (Å²) in [4.78, 5) is 37.5. The predicted octanol–water partition coefficient (Wildman–Crippen LogP) is 13.9. The van der Waals surface area contributed by atoms with Gasteiger partial charge < -0.3 is 14.2 Å². The van der Waals surface area contributed by atoms with Crippen LogP contribution < -0.4 is 0 Å². The van der Waals surface area contributed by atoms with E-state index in [0.29, 0.717) is 19.3 Å². The van der Waals surface area contributed by atoms with Gasteiger partial charge in [0.1, 0.15) is 13.2 Å². The minimum atomic E-state index is -0.758. The van der Waals surface area contributed by atoms with E-state index in [4.69, 9.17) is 14.2 Å². The summed E-state index contributed by atoms with van der Waals surface area (Å²) in [6.45, 7) is 8.90. The smallest absolute Gasteiger partial charge is 0.306 e. The van der Waals surface area contributed by atoms with Gasteiger partial charge in [0.25, 0.3) is 0 Å². The van der Waals surface area contributed by atoms with Crippen molar-refractivity contribution >= 4 is 17.9 Å². The molecule has 0 aliphatic rings. The Morgan fingerprint density at radius 1 is 0.373 bits per heavy atom. The maximum atomic E-state index is 12.6. The number of hydrogen-bond acceptors (Lipinski definition) is 6. The van der Waals surface area contributed by atoms with Crippen molar-refractivity contribution in [2.24, 2.45) is 5.92 Å². The van der Waals surface area contributed by atoms with Gasteiger partial charge >= 0.3 is 17.9 Å². The Balaban J connectivity index is 4.20. The van der Waals surface area contributed by atoms with Crippen LogP contribution in [0.4, 0.5) is 0 Å². The van der Waals surface area contributed by atoms with E-state index in [0.717, 1.165) is 63.7 Å². The Bertz CT molecular complexity index is 766. The molecule has 0 aromatic rings. The molecule has 0 fully saturated rings. The van der Waals surface area contributed by atoms with Gasteiger partial charge in [0.2, 0.25) is 0 Å². The summed E-state index contributed by atoms with van der Waals surface area (Å²) >= 11 is 0. The molecule has 0 saturated carbocycles. The summed E-state index contributed by atoms with van der Waals surface area (Å²) in [5.74, 6) is -0.0831. The van der Waals surface area contributed by atoms with E-state index in [-0.39, 0.29) is 31.1 Å². The van der Waals surface area contributed by atoms with Gasteiger partial charge in [-0.3, -0.25) is 14.4 Å². The van der Waals surface area contributed by atoms with E-state index < -0.39 is 6.10 Å². The van der Waals surface area contributed by atoms with Crippen LogP contribution in [-0.4, -0.2) is 37.2 Å². The molecule has 51 heavy (non-hydrogen) atoms. The molecule has 0 heterocycles. The maximum absolute atomic E-state index is 12.6. The average molecular weight is 723 g/mol. The Labute approximate surface area is 317 Å². The number of carbonyl (C=O) groups is 3. The highest BCUT2D eigenvalue weighted by Crippen LogP contribution is 2.16. The highest BCUT2D eigenvalue weighted by Gasteiger charge is 2.19. The van der Waals surface area contributed by atoms with Crippen molar-refractivity contribution in [1.82, 2.24) is 0 Å². The Hall–Kier alpha value is -1.59. The second kappa shape index (κ2) is 39.6. The molecule has 0 unspecified atom stereocenters. The summed E-state index contributed by atoms with van der Waals surface area (Å²) in [6.07, 6.45) is 38.2. The highest BCUT2D eigenvalue weighted by molar-refractivity contribution is 5.71. The van der Waals surface area contributed by atoms with Crippen molar-refractivity contribution in [3.63, 3.8) is 0 Å². The van der Waals surface area contributed by atoms with Gasteiger partial charge in [-0.05, 0) is 25.2 Å². The molecule has 0 radical (unpaired) electrons. The van der Waals surface area contributed by atoms with Crippen molar-refractivity contribution in [3.05, 3.63) is 0 Å². The van der Waals surface area contributed by atoms with Crippen LogP contribution in [0, 0.1) is 5.92 Å². The molecular weight excluding hydrogens is 636 g/mol. The number of esters is 3. The molecule has 0 aromatic carbocycles. The van der Waals surface area contributed by atoms with Gasteiger partial charge in [0.05, 0.1) is 0 Å². The van der Waals surface area contributed by atoms with Crippen LogP contribution in [-0.2, 0) is 28.6 Å². The fraction of sp³-hybridized carbons (Fsp3) is 0.933. The molecule has 0 spiro atoms. The summed E-state index contributed by atoms with van der Waals surface area (Å²) in [5, 5.41) is 0. The third-order valence-electron chi connectivity index (χ3n) is 10.0. The molecule has 6 nitrogen and oxygen atoms in total. The van der Waals surface area contributed by atoms with Crippen LogP contribution in [0.2, 0.25) is 0 Å². The van der Waals surface area contributed by atoms with Crippen LogP contribution in [0.15, 0.2) is 0 Å². The van der Waals surface area contributed by atoms with E-state index in [1.807, 2.05) is 0 Å². The SMILES string of the molecule is CCCCCCCCCCCCCCCCCCC(=O)OC[C@H](COC(=O)CCCCCCCCCC(C)C)OC(=O)CCCCCCCCC. The van der Waals surface area contributed by atoms with Crippen molar-refractivity contribution in [1.29, 1.82) is 0 Å².